The maximum Gasteiger partial charge on any atom is 0.265 e. The van der Waals surface area contributed by atoms with Gasteiger partial charge in [0.2, 0.25) is 6.10 Å². The maximum atomic E-state index is 12.5. The zero-order chi connectivity index (χ0) is 16.2. The second-order valence-electron chi connectivity index (χ2n) is 6.43. The van der Waals surface area contributed by atoms with Crippen molar-refractivity contribution in [1.82, 2.24) is 5.32 Å². The topological polar surface area (TPSA) is 56.8 Å². The lowest BCUT2D eigenvalue weighted by molar-refractivity contribution is -0.134. The molecule has 0 bridgehead atoms. The lowest BCUT2D eigenvalue weighted by Crippen LogP contribution is -2.51. The minimum atomic E-state index is -0.616. The van der Waals surface area contributed by atoms with E-state index in [1.807, 2.05) is 38.1 Å². The average molecular weight is 319 g/mol. The minimum absolute atomic E-state index is 0.0969. The third-order valence-electron chi connectivity index (χ3n) is 4.44. The van der Waals surface area contributed by atoms with Gasteiger partial charge in [0.25, 0.3) is 5.91 Å². The average Bonchev–Trinajstić information content (AvgIpc) is 3.05. The fourth-order valence-electron chi connectivity index (χ4n) is 3.11. The van der Waals surface area contributed by atoms with Crippen molar-refractivity contribution in [3.8, 4) is 11.5 Å². The SMILES string of the molecule is C[C@H](CC[C@@H]1CCCO1)NC(=O)[C@H]1Oc2ccccc2O[C@H]1C. The highest BCUT2D eigenvalue weighted by atomic mass is 16.6. The van der Waals surface area contributed by atoms with Crippen LogP contribution in [-0.2, 0) is 9.53 Å². The summed E-state index contributed by atoms with van der Waals surface area (Å²) in [6, 6.07) is 7.53. The summed E-state index contributed by atoms with van der Waals surface area (Å²) in [7, 11) is 0. The first-order valence-corrected chi connectivity index (χ1v) is 8.48. The zero-order valence-corrected chi connectivity index (χ0v) is 13.8. The Hall–Kier alpha value is -1.75. The fourth-order valence-corrected chi connectivity index (χ4v) is 3.11. The highest BCUT2D eigenvalue weighted by Crippen LogP contribution is 2.33. The van der Waals surface area contributed by atoms with Gasteiger partial charge in [0.15, 0.2) is 11.5 Å². The van der Waals surface area contributed by atoms with Crippen LogP contribution in [0.1, 0.15) is 39.5 Å². The number of fused-ring (bicyclic) bond motifs is 1. The highest BCUT2D eigenvalue weighted by Gasteiger charge is 2.34. The Morgan fingerprint density at radius 3 is 2.74 bits per heavy atom. The van der Waals surface area contributed by atoms with Gasteiger partial charge in [0.05, 0.1) is 6.10 Å². The summed E-state index contributed by atoms with van der Waals surface area (Å²) in [5, 5.41) is 3.04. The molecule has 1 aromatic carbocycles. The van der Waals surface area contributed by atoms with Crippen molar-refractivity contribution in [2.75, 3.05) is 6.61 Å². The van der Waals surface area contributed by atoms with Gasteiger partial charge in [-0.15, -0.1) is 0 Å². The molecule has 5 heteroatoms. The van der Waals surface area contributed by atoms with Gasteiger partial charge >= 0.3 is 0 Å². The number of hydrogen-bond donors (Lipinski definition) is 1. The number of para-hydroxylation sites is 2. The summed E-state index contributed by atoms with van der Waals surface area (Å²) in [4.78, 5) is 12.5. The molecule has 0 unspecified atom stereocenters. The van der Waals surface area contributed by atoms with Crippen LogP contribution in [0.3, 0.4) is 0 Å². The monoisotopic (exact) mass is 319 g/mol. The van der Waals surface area contributed by atoms with Gasteiger partial charge in [-0.25, -0.2) is 0 Å². The van der Waals surface area contributed by atoms with Gasteiger partial charge in [0, 0.05) is 12.6 Å². The van der Waals surface area contributed by atoms with Crippen molar-refractivity contribution in [1.29, 1.82) is 0 Å². The second-order valence-corrected chi connectivity index (χ2v) is 6.43. The molecule has 1 amide bonds. The summed E-state index contributed by atoms with van der Waals surface area (Å²) >= 11 is 0. The molecule has 0 aromatic heterocycles. The van der Waals surface area contributed by atoms with E-state index in [9.17, 15) is 4.79 Å². The molecule has 1 saturated heterocycles. The van der Waals surface area contributed by atoms with Crippen molar-refractivity contribution in [3.63, 3.8) is 0 Å². The molecule has 1 fully saturated rings. The van der Waals surface area contributed by atoms with Crippen molar-refractivity contribution >= 4 is 5.91 Å². The van der Waals surface area contributed by atoms with Crippen LogP contribution in [0.5, 0.6) is 11.5 Å². The van der Waals surface area contributed by atoms with Crippen LogP contribution < -0.4 is 14.8 Å². The van der Waals surface area contributed by atoms with Gasteiger partial charge in [-0.2, -0.15) is 0 Å². The van der Waals surface area contributed by atoms with E-state index in [1.165, 1.54) is 0 Å². The summed E-state index contributed by atoms with van der Waals surface area (Å²) in [6.07, 6.45) is 3.61. The molecule has 0 aliphatic carbocycles. The van der Waals surface area contributed by atoms with E-state index >= 15 is 0 Å². The number of rotatable bonds is 5. The normalized spacial score (nSPS) is 27.5. The first-order chi connectivity index (χ1) is 11.1. The number of carbonyl (C=O) groups excluding carboxylic acids is 1. The van der Waals surface area contributed by atoms with Crippen LogP contribution in [-0.4, -0.2) is 36.9 Å². The molecule has 1 N–H and O–H groups in total. The van der Waals surface area contributed by atoms with Gasteiger partial charge in [-0.1, -0.05) is 12.1 Å². The molecule has 0 spiro atoms. The van der Waals surface area contributed by atoms with Crippen LogP contribution in [0.4, 0.5) is 0 Å². The summed E-state index contributed by atoms with van der Waals surface area (Å²) in [5.41, 5.74) is 0. The van der Waals surface area contributed by atoms with Crippen molar-refractivity contribution in [2.45, 2.75) is 63.9 Å². The van der Waals surface area contributed by atoms with E-state index in [4.69, 9.17) is 14.2 Å². The predicted molar refractivity (Wildman–Crippen MR) is 86.8 cm³/mol. The Kier molecular flexibility index (Phi) is 5.06. The molecule has 5 nitrogen and oxygen atoms in total. The smallest absolute Gasteiger partial charge is 0.265 e. The Balaban J connectivity index is 1.51. The highest BCUT2D eigenvalue weighted by molar-refractivity contribution is 5.82. The lowest BCUT2D eigenvalue weighted by Gasteiger charge is -2.31. The van der Waals surface area contributed by atoms with E-state index in [-0.39, 0.29) is 18.1 Å². The molecule has 1 aromatic rings. The van der Waals surface area contributed by atoms with E-state index in [1.54, 1.807) is 0 Å². The second kappa shape index (κ2) is 7.21. The van der Waals surface area contributed by atoms with Gasteiger partial charge < -0.3 is 19.5 Å². The van der Waals surface area contributed by atoms with Crippen molar-refractivity contribution < 1.29 is 19.0 Å². The summed E-state index contributed by atoms with van der Waals surface area (Å²) in [5.74, 6) is 1.19. The van der Waals surface area contributed by atoms with Crippen molar-refractivity contribution in [3.05, 3.63) is 24.3 Å². The number of nitrogens with one attached hydrogen (secondary N) is 1. The number of hydrogen-bond acceptors (Lipinski definition) is 4. The molecular weight excluding hydrogens is 294 g/mol. The van der Waals surface area contributed by atoms with Crippen LogP contribution in [0.25, 0.3) is 0 Å². The molecule has 4 atom stereocenters. The maximum absolute atomic E-state index is 12.5. The van der Waals surface area contributed by atoms with E-state index < -0.39 is 6.10 Å². The molecule has 126 valence electrons. The Labute approximate surface area is 137 Å². The first kappa shape index (κ1) is 16.1. The van der Waals surface area contributed by atoms with Crippen molar-refractivity contribution in [2.24, 2.45) is 0 Å². The number of ether oxygens (including phenoxy) is 3. The molecule has 0 radical (unpaired) electrons. The quantitative estimate of drug-likeness (QED) is 0.906. The number of amides is 1. The van der Waals surface area contributed by atoms with Crippen LogP contribution >= 0.6 is 0 Å². The van der Waals surface area contributed by atoms with E-state index in [2.05, 4.69) is 5.32 Å². The molecule has 2 heterocycles. The number of carbonyl (C=O) groups is 1. The molecule has 3 rings (SSSR count). The molecule has 2 aliphatic heterocycles. The zero-order valence-electron chi connectivity index (χ0n) is 13.8. The summed E-state index contributed by atoms with van der Waals surface area (Å²) in [6.45, 7) is 4.75. The third kappa shape index (κ3) is 3.96. The third-order valence-corrected chi connectivity index (χ3v) is 4.44. The van der Waals surface area contributed by atoms with Crippen LogP contribution in [0, 0.1) is 0 Å². The first-order valence-electron chi connectivity index (χ1n) is 8.48. The van der Waals surface area contributed by atoms with Crippen LogP contribution in [0.15, 0.2) is 24.3 Å². The predicted octanol–water partition coefficient (Wildman–Crippen LogP) is 2.68. The van der Waals surface area contributed by atoms with Gasteiger partial charge in [-0.3, -0.25) is 4.79 Å². The van der Waals surface area contributed by atoms with E-state index in [0.717, 1.165) is 32.3 Å². The molecule has 2 aliphatic rings. The van der Waals surface area contributed by atoms with Gasteiger partial charge in [0.1, 0.15) is 6.10 Å². The van der Waals surface area contributed by atoms with Crippen LogP contribution in [0.2, 0.25) is 0 Å². The van der Waals surface area contributed by atoms with Gasteiger partial charge in [-0.05, 0) is 51.7 Å². The lowest BCUT2D eigenvalue weighted by atomic mass is 10.1. The Morgan fingerprint density at radius 1 is 1.30 bits per heavy atom. The summed E-state index contributed by atoms with van der Waals surface area (Å²) < 4.78 is 17.2. The largest absolute Gasteiger partial charge is 0.482 e. The molecule has 0 saturated carbocycles. The standard InChI is InChI=1S/C18H25NO4/c1-12(9-10-14-6-5-11-21-14)19-18(20)17-13(2)22-15-7-3-4-8-16(15)23-17/h3-4,7-8,12-14,17H,5-6,9-11H2,1-2H3,(H,19,20)/t12-,13+,14+,17+/m1/s1. The number of benzene rings is 1. The minimum Gasteiger partial charge on any atom is -0.482 e. The molecular formula is C18H25NO4. The molecule has 23 heavy (non-hydrogen) atoms. The van der Waals surface area contributed by atoms with E-state index in [0.29, 0.717) is 17.6 Å². The Morgan fingerprint density at radius 2 is 2.04 bits per heavy atom. The Bertz CT molecular complexity index is 542. The fraction of sp³-hybridized carbons (Fsp3) is 0.611.